The molecule has 0 saturated carbocycles. The summed E-state index contributed by atoms with van der Waals surface area (Å²) in [6.45, 7) is 12.5. The van der Waals surface area contributed by atoms with Crippen molar-refractivity contribution < 1.29 is 9.18 Å². The van der Waals surface area contributed by atoms with Gasteiger partial charge in [0.05, 0.1) is 11.9 Å². The molecule has 6 heteroatoms. The minimum absolute atomic E-state index is 0.104. The molecule has 0 unspecified atom stereocenters. The quantitative estimate of drug-likeness (QED) is 0.347. The van der Waals surface area contributed by atoms with Crippen molar-refractivity contribution in [2.75, 3.05) is 11.9 Å². The fourth-order valence-electron chi connectivity index (χ4n) is 1.67. The number of nitrogens with two attached hydrogens (primary N) is 1. The van der Waals surface area contributed by atoms with Gasteiger partial charge in [-0.2, -0.15) is 0 Å². The van der Waals surface area contributed by atoms with Gasteiger partial charge < -0.3 is 16.5 Å². The van der Waals surface area contributed by atoms with Crippen LogP contribution in [0.3, 0.4) is 0 Å². The van der Waals surface area contributed by atoms with Crippen molar-refractivity contribution in [3.05, 3.63) is 79.2 Å². The molecule has 1 aromatic heterocycles. The lowest BCUT2D eigenvalue weighted by atomic mass is 10.1. The highest BCUT2D eigenvalue weighted by atomic mass is 19.1. The molecule has 1 amide bonds. The van der Waals surface area contributed by atoms with Crippen LogP contribution in [0.5, 0.6) is 0 Å². The summed E-state index contributed by atoms with van der Waals surface area (Å²) < 4.78 is 12.0. The fourth-order valence-corrected chi connectivity index (χ4v) is 1.67. The molecule has 5 nitrogen and oxygen atoms in total. The van der Waals surface area contributed by atoms with E-state index in [0.29, 0.717) is 11.3 Å². The van der Waals surface area contributed by atoms with Crippen molar-refractivity contribution in [3.63, 3.8) is 0 Å². The number of nitrogens with one attached hydrogen (secondary N) is 2. The molecule has 28 heavy (non-hydrogen) atoms. The standard InChI is InChI=1S/C18H19N3O.C4H10FN/c1-4-6-7-8-14(3)16-10-12-20-13-17(16)21-18(22)15(5-2)9-11-19;1-4(2,5)3-6/h4-13,19H,2-3H2,1H3,(H,21,22);3,6H2,1-2H3/b6-4-,8-7-,15-9+,19-11?;. The molecule has 1 aromatic rings. The van der Waals surface area contributed by atoms with Crippen LogP contribution in [0.4, 0.5) is 10.1 Å². The van der Waals surface area contributed by atoms with Gasteiger partial charge in [0.15, 0.2) is 0 Å². The Morgan fingerprint density at radius 1 is 1.43 bits per heavy atom. The number of alkyl halides is 1. The maximum atomic E-state index is 12.1. The number of aromatic nitrogens is 1. The Labute approximate surface area is 166 Å². The van der Waals surface area contributed by atoms with E-state index in [1.807, 2.05) is 31.2 Å². The number of amides is 1. The van der Waals surface area contributed by atoms with Crippen molar-refractivity contribution in [2.45, 2.75) is 26.4 Å². The predicted molar refractivity (Wildman–Crippen MR) is 117 cm³/mol. The molecule has 4 N–H and O–H groups in total. The summed E-state index contributed by atoms with van der Waals surface area (Å²) in [7, 11) is 0. The summed E-state index contributed by atoms with van der Waals surface area (Å²) in [6.07, 6.45) is 14.6. The second kappa shape index (κ2) is 13.1. The first-order valence-electron chi connectivity index (χ1n) is 8.66. The average Bonchev–Trinajstić information content (AvgIpc) is 2.66. The summed E-state index contributed by atoms with van der Waals surface area (Å²) >= 11 is 0. The highest BCUT2D eigenvalue weighted by Gasteiger charge is 2.11. The molecule has 0 aliphatic heterocycles. The van der Waals surface area contributed by atoms with Gasteiger partial charge in [-0.1, -0.05) is 43.5 Å². The van der Waals surface area contributed by atoms with E-state index in [1.165, 1.54) is 26.0 Å². The first-order chi connectivity index (χ1) is 13.2. The molecule has 0 fully saturated rings. The lowest BCUT2D eigenvalue weighted by molar-refractivity contribution is -0.112. The Morgan fingerprint density at radius 3 is 2.57 bits per heavy atom. The van der Waals surface area contributed by atoms with Crippen LogP contribution in [0.15, 0.2) is 73.6 Å². The maximum absolute atomic E-state index is 12.1. The van der Waals surface area contributed by atoms with Gasteiger partial charge in [0.1, 0.15) is 5.67 Å². The van der Waals surface area contributed by atoms with Crippen LogP contribution in [-0.4, -0.2) is 29.3 Å². The van der Waals surface area contributed by atoms with Gasteiger partial charge in [0, 0.05) is 30.1 Å². The lowest BCUT2D eigenvalue weighted by Crippen LogP contribution is -2.24. The number of anilines is 1. The molecule has 0 aliphatic rings. The van der Waals surface area contributed by atoms with Gasteiger partial charge in [-0.25, -0.2) is 4.39 Å². The third kappa shape index (κ3) is 10.1. The fraction of sp³-hybridized carbons (Fsp3) is 0.227. The van der Waals surface area contributed by atoms with Gasteiger partial charge in [-0.05, 0) is 38.5 Å². The number of allylic oxidation sites excluding steroid dienone is 6. The second-order valence-corrected chi connectivity index (χ2v) is 6.20. The Bertz CT molecular complexity index is 771. The molecule has 0 atom stereocenters. The molecule has 150 valence electrons. The molecule has 0 saturated heterocycles. The van der Waals surface area contributed by atoms with Crippen LogP contribution < -0.4 is 11.1 Å². The second-order valence-electron chi connectivity index (χ2n) is 6.20. The highest BCUT2D eigenvalue weighted by Crippen LogP contribution is 2.23. The van der Waals surface area contributed by atoms with Gasteiger partial charge in [0.2, 0.25) is 0 Å². The Balaban J connectivity index is 0.00000105. The smallest absolute Gasteiger partial charge is 0.255 e. The number of nitrogens with zero attached hydrogens (tertiary/aromatic N) is 1. The third-order valence-electron chi connectivity index (χ3n) is 3.25. The minimum atomic E-state index is -1.18. The Hall–Kier alpha value is -3.12. The summed E-state index contributed by atoms with van der Waals surface area (Å²) in [5, 5.41) is 9.80. The third-order valence-corrected chi connectivity index (χ3v) is 3.25. The zero-order chi connectivity index (χ0) is 21.6. The van der Waals surface area contributed by atoms with Crippen LogP contribution in [0.1, 0.15) is 26.3 Å². The van der Waals surface area contributed by atoms with Crippen LogP contribution in [0.25, 0.3) is 5.57 Å². The van der Waals surface area contributed by atoms with Crippen molar-refractivity contribution in [1.82, 2.24) is 4.98 Å². The van der Waals surface area contributed by atoms with Crippen LogP contribution in [-0.2, 0) is 4.79 Å². The van der Waals surface area contributed by atoms with E-state index in [-0.39, 0.29) is 12.5 Å². The van der Waals surface area contributed by atoms with Crippen molar-refractivity contribution >= 4 is 23.4 Å². The van der Waals surface area contributed by atoms with Crippen LogP contribution >= 0.6 is 0 Å². The number of pyridine rings is 1. The molecule has 1 rings (SSSR count). The molecule has 0 bridgehead atoms. The van der Waals surface area contributed by atoms with Crippen molar-refractivity contribution in [3.8, 4) is 0 Å². The first-order valence-corrected chi connectivity index (χ1v) is 8.66. The topological polar surface area (TPSA) is 91.9 Å². The van der Waals surface area contributed by atoms with Crippen molar-refractivity contribution in [1.29, 1.82) is 5.41 Å². The Morgan fingerprint density at radius 2 is 2.07 bits per heavy atom. The Kier molecular flexibility index (Phi) is 11.6. The summed E-state index contributed by atoms with van der Waals surface area (Å²) in [5.74, 6) is -0.349. The summed E-state index contributed by atoms with van der Waals surface area (Å²) in [4.78, 5) is 16.2. The van der Waals surface area contributed by atoms with E-state index >= 15 is 0 Å². The average molecular weight is 384 g/mol. The maximum Gasteiger partial charge on any atom is 0.255 e. The van der Waals surface area contributed by atoms with Gasteiger partial charge in [-0.15, -0.1) is 0 Å². The number of hydrogen-bond acceptors (Lipinski definition) is 4. The number of rotatable bonds is 8. The van der Waals surface area contributed by atoms with E-state index < -0.39 is 5.67 Å². The lowest BCUT2D eigenvalue weighted by Gasteiger charge is -2.10. The number of carbonyl (C=O) groups is 1. The van der Waals surface area contributed by atoms with E-state index in [2.05, 4.69) is 23.5 Å². The van der Waals surface area contributed by atoms with E-state index in [9.17, 15) is 9.18 Å². The minimum Gasteiger partial charge on any atom is -0.328 e. The monoisotopic (exact) mass is 384 g/mol. The predicted octanol–water partition coefficient (Wildman–Crippen LogP) is 4.62. The number of halogens is 1. The van der Waals surface area contributed by atoms with E-state index in [0.717, 1.165) is 17.4 Å². The van der Waals surface area contributed by atoms with Gasteiger partial charge in [-0.3, -0.25) is 9.78 Å². The van der Waals surface area contributed by atoms with E-state index in [4.69, 9.17) is 11.1 Å². The molecule has 0 radical (unpaired) electrons. The molecule has 1 heterocycles. The number of carbonyl (C=O) groups excluding carboxylic acids is 1. The SMILES string of the molecule is C=C/C(=C\C=N)C(=O)Nc1cnccc1C(=C)/C=C\C=C/C.CC(C)(F)CN. The molecule has 0 aromatic carbocycles. The molecule has 0 aliphatic carbocycles. The largest absolute Gasteiger partial charge is 0.328 e. The van der Waals surface area contributed by atoms with Gasteiger partial charge >= 0.3 is 0 Å². The van der Waals surface area contributed by atoms with Crippen LogP contribution in [0.2, 0.25) is 0 Å². The normalized spacial score (nSPS) is 11.7. The molecule has 0 spiro atoms. The zero-order valence-corrected chi connectivity index (χ0v) is 16.7. The summed E-state index contributed by atoms with van der Waals surface area (Å²) in [6, 6.07) is 1.78. The first kappa shape index (κ1) is 24.9. The van der Waals surface area contributed by atoms with Gasteiger partial charge in [0.25, 0.3) is 5.91 Å². The van der Waals surface area contributed by atoms with Crippen molar-refractivity contribution in [2.24, 2.45) is 5.73 Å². The summed E-state index contributed by atoms with van der Waals surface area (Å²) in [5.41, 5.74) is 6.15. The number of hydrogen-bond donors (Lipinski definition) is 3. The molecular formula is C22H29FN4O. The molecular weight excluding hydrogens is 355 g/mol. The highest BCUT2D eigenvalue weighted by molar-refractivity contribution is 6.08. The zero-order valence-electron chi connectivity index (χ0n) is 16.7. The van der Waals surface area contributed by atoms with Crippen LogP contribution in [0, 0.1) is 5.41 Å². The van der Waals surface area contributed by atoms with E-state index in [1.54, 1.807) is 18.5 Å².